The summed E-state index contributed by atoms with van der Waals surface area (Å²) in [5, 5.41) is 27.6. The van der Waals surface area contributed by atoms with Crippen molar-refractivity contribution in [3.63, 3.8) is 0 Å². The van der Waals surface area contributed by atoms with E-state index < -0.39 is 23.0 Å². The lowest BCUT2D eigenvalue weighted by Crippen LogP contribution is -2.58. The summed E-state index contributed by atoms with van der Waals surface area (Å²) < 4.78 is 6.46. The van der Waals surface area contributed by atoms with Gasteiger partial charge in [-0.3, -0.25) is 39.2 Å². The molecular formula is C43H48ClN9O5S. The van der Waals surface area contributed by atoms with Gasteiger partial charge in [-0.2, -0.15) is 10.5 Å². The number of halogens is 1. The first-order valence-electron chi connectivity index (χ1n) is 19.9. The number of anilines is 4. The Labute approximate surface area is 354 Å². The van der Waals surface area contributed by atoms with E-state index in [1.54, 1.807) is 41.3 Å². The quantitative estimate of drug-likeness (QED) is 0.135. The number of nitrogens with one attached hydrogen (secondary N) is 3. The molecule has 0 spiro atoms. The van der Waals surface area contributed by atoms with E-state index in [-0.39, 0.29) is 47.8 Å². The molecule has 4 fully saturated rings. The summed E-state index contributed by atoms with van der Waals surface area (Å²) in [6, 6.07) is 19.7. The Morgan fingerprint density at radius 1 is 0.966 bits per heavy atom. The van der Waals surface area contributed by atoms with Gasteiger partial charge < -0.3 is 20.3 Å². The summed E-state index contributed by atoms with van der Waals surface area (Å²) in [7, 11) is 0. The number of piperidine rings is 1. The molecule has 4 atom stereocenters. The zero-order chi connectivity index (χ0) is 42.2. The van der Waals surface area contributed by atoms with Crippen LogP contribution in [0.1, 0.15) is 76.0 Å². The molecule has 3 aromatic rings. The number of hydrogen-bond donors (Lipinski definition) is 4. The highest BCUT2D eigenvalue weighted by Crippen LogP contribution is 2.48. The van der Waals surface area contributed by atoms with Gasteiger partial charge in [0.2, 0.25) is 17.7 Å². The van der Waals surface area contributed by atoms with Crippen LogP contribution in [0, 0.1) is 22.7 Å². The van der Waals surface area contributed by atoms with Crippen LogP contribution in [-0.2, 0) is 19.2 Å². The highest BCUT2D eigenvalue weighted by Gasteiger charge is 2.51. The lowest BCUT2D eigenvalue weighted by atomic mass is 10.0. The van der Waals surface area contributed by atoms with Crippen LogP contribution in [0.4, 0.5) is 22.7 Å². The molecule has 1 aliphatic carbocycles. The van der Waals surface area contributed by atoms with Crippen LogP contribution in [-0.4, -0.2) is 95.4 Å². The summed E-state index contributed by atoms with van der Waals surface area (Å²) in [6.45, 7) is 10.8. The molecule has 0 bridgehead atoms. The van der Waals surface area contributed by atoms with Gasteiger partial charge in [-0.1, -0.05) is 11.6 Å². The van der Waals surface area contributed by atoms with Gasteiger partial charge in [0.05, 0.1) is 28.8 Å². The Bertz CT molecular complexity index is 2240. The molecule has 3 aromatic carbocycles. The lowest BCUT2D eigenvalue weighted by Gasteiger charge is -2.44. The Balaban J connectivity index is 0.942. The second kappa shape index (κ2) is 17.1. The molecule has 59 heavy (non-hydrogen) atoms. The van der Waals surface area contributed by atoms with Crippen LogP contribution in [0.15, 0.2) is 54.6 Å². The number of amides is 4. The summed E-state index contributed by atoms with van der Waals surface area (Å²) in [5.74, 6) is 0.136. The minimum atomic E-state index is -0.908. The van der Waals surface area contributed by atoms with Crippen molar-refractivity contribution in [2.45, 2.75) is 88.5 Å². The summed E-state index contributed by atoms with van der Waals surface area (Å²) in [4.78, 5) is 59.1. The third kappa shape index (κ3) is 8.99. The number of thiol groups is 1. The van der Waals surface area contributed by atoms with Crippen LogP contribution in [0.2, 0.25) is 5.02 Å². The number of hydrogen-bond acceptors (Lipinski definition) is 12. The minimum Gasteiger partial charge on any atom is -0.492 e. The van der Waals surface area contributed by atoms with Crippen LogP contribution in [0.25, 0.3) is 0 Å². The molecule has 3 heterocycles. The fraction of sp³-hybridized carbons (Fsp3) is 0.442. The summed E-state index contributed by atoms with van der Waals surface area (Å²) in [6.07, 6.45) is 2.69. The van der Waals surface area contributed by atoms with Crippen molar-refractivity contribution >= 4 is 70.6 Å². The van der Waals surface area contributed by atoms with E-state index >= 15 is 0 Å². The van der Waals surface area contributed by atoms with E-state index in [9.17, 15) is 29.7 Å². The van der Waals surface area contributed by atoms with Gasteiger partial charge in [0.1, 0.15) is 30.0 Å². The number of benzene rings is 3. The average molecular weight is 838 g/mol. The van der Waals surface area contributed by atoms with E-state index in [0.29, 0.717) is 53.7 Å². The maximum atomic E-state index is 13.8. The van der Waals surface area contributed by atoms with Crippen molar-refractivity contribution < 1.29 is 23.9 Å². The number of nitriles is 2. The molecule has 2 unspecified atom stereocenters. The summed E-state index contributed by atoms with van der Waals surface area (Å²) >= 11 is 11.3. The van der Waals surface area contributed by atoms with Crippen molar-refractivity contribution in [2.75, 3.05) is 53.2 Å². The minimum absolute atomic E-state index is 0.0848. The van der Waals surface area contributed by atoms with E-state index in [1.165, 1.54) is 0 Å². The van der Waals surface area contributed by atoms with E-state index in [0.717, 1.165) is 42.9 Å². The van der Waals surface area contributed by atoms with Gasteiger partial charge in [-0.05, 0) is 113 Å². The van der Waals surface area contributed by atoms with Crippen molar-refractivity contribution in [2.24, 2.45) is 0 Å². The first-order chi connectivity index (χ1) is 28.2. The van der Waals surface area contributed by atoms with Crippen molar-refractivity contribution in [1.82, 2.24) is 15.1 Å². The summed E-state index contributed by atoms with van der Waals surface area (Å²) in [5.41, 5.74) is 2.65. The molecule has 7 rings (SSSR count). The van der Waals surface area contributed by atoms with E-state index in [2.05, 4.69) is 57.8 Å². The van der Waals surface area contributed by atoms with Gasteiger partial charge in [0.15, 0.2) is 5.50 Å². The van der Waals surface area contributed by atoms with Crippen LogP contribution >= 0.6 is 24.2 Å². The van der Waals surface area contributed by atoms with Crippen molar-refractivity contribution in [3.05, 3.63) is 76.3 Å². The molecule has 0 radical (unpaired) electrons. The second-order valence-corrected chi connectivity index (χ2v) is 17.2. The standard InChI is InChI=1S/C43H48ClN9O5S/c1-25-22-50(23-26(2)51(25)24-39(55)48-31-16-27(20-45)15-30(17-31)47-36-10-12-38(54)49-40(36)56)13-14-58-37-11-9-33(18-34(37)28-5-6-28)53-42(59)52(41(57)43(53,3)4)32-8-7-29(21-46)35(44)19-32/h7-9,11,15-19,25-26,28,36,42,47,59H,5-6,10,12-14,22-24H2,1-4H3,(H,48,55)(H,49,54,56)/t25-,26+,36?,42?. The third-order valence-corrected chi connectivity index (χ3v) is 12.3. The monoisotopic (exact) mass is 837 g/mol. The molecule has 308 valence electrons. The lowest BCUT2D eigenvalue weighted by molar-refractivity contribution is -0.133. The van der Waals surface area contributed by atoms with Crippen molar-refractivity contribution in [1.29, 1.82) is 10.5 Å². The normalized spacial score (nSPS) is 23.4. The maximum Gasteiger partial charge on any atom is 0.254 e. The average Bonchev–Trinajstić information content (AvgIpc) is 4.01. The Kier molecular flexibility index (Phi) is 12.1. The number of carbonyl (C=O) groups is 4. The Morgan fingerprint density at radius 3 is 2.34 bits per heavy atom. The maximum absolute atomic E-state index is 13.8. The van der Waals surface area contributed by atoms with Gasteiger partial charge in [0.25, 0.3) is 5.91 Å². The van der Waals surface area contributed by atoms with Crippen molar-refractivity contribution in [3.8, 4) is 17.9 Å². The number of carbonyl (C=O) groups excluding carboxylic acids is 4. The van der Waals surface area contributed by atoms with E-state index in [4.69, 9.17) is 29.0 Å². The SMILES string of the molecule is C[C@@H]1CN(CCOc2ccc(N3C(S)N(c4ccc(C#N)c(Cl)c4)C(=O)C3(C)C)cc2C2CC2)C[C@H](C)N1CC(=O)Nc1cc(C#N)cc(NC2CCC(=O)NC2=O)c1. The molecule has 0 aromatic heterocycles. The molecule has 4 amide bonds. The number of nitrogens with zero attached hydrogens (tertiary/aromatic N) is 6. The molecule has 3 N–H and O–H groups in total. The molecule has 1 saturated carbocycles. The molecule has 3 saturated heterocycles. The van der Waals surface area contributed by atoms with E-state index in [1.807, 2.05) is 30.9 Å². The highest BCUT2D eigenvalue weighted by atomic mass is 35.5. The predicted molar refractivity (Wildman–Crippen MR) is 229 cm³/mol. The van der Waals surface area contributed by atoms with Crippen LogP contribution in [0.3, 0.4) is 0 Å². The third-order valence-electron chi connectivity index (χ3n) is 11.5. The Morgan fingerprint density at radius 2 is 1.68 bits per heavy atom. The molecular weight excluding hydrogens is 790 g/mol. The zero-order valence-corrected chi connectivity index (χ0v) is 35.1. The molecule has 14 nitrogen and oxygen atoms in total. The number of imide groups is 1. The molecule has 3 aliphatic heterocycles. The first-order valence-corrected chi connectivity index (χ1v) is 20.8. The fourth-order valence-corrected chi connectivity index (χ4v) is 9.26. The fourth-order valence-electron chi connectivity index (χ4n) is 8.38. The van der Waals surface area contributed by atoms with Crippen LogP contribution in [0.5, 0.6) is 5.75 Å². The second-order valence-electron chi connectivity index (χ2n) is 16.3. The predicted octanol–water partition coefficient (Wildman–Crippen LogP) is 5.44. The number of rotatable bonds is 12. The largest absolute Gasteiger partial charge is 0.492 e. The topological polar surface area (TPSA) is 174 Å². The van der Waals surface area contributed by atoms with Gasteiger partial charge in [-0.25, -0.2) is 0 Å². The zero-order valence-electron chi connectivity index (χ0n) is 33.5. The molecule has 4 aliphatic rings. The smallest absolute Gasteiger partial charge is 0.254 e. The molecule has 16 heteroatoms. The first kappa shape index (κ1) is 41.8. The van der Waals surface area contributed by atoms with Gasteiger partial charge >= 0.3 is 0 Å². The number of piperazine rings is 1. The van der Waals surface area contributed by atoms with Gasteiger partial charge in [-0.15, -0.1) is 12.6 Å². The van der Waals surface area contributed by atoms with Crippen LogP contribution < -0.4 is 30.5 Å². The Hall–Kier alpha value is -5.32. The number of ether oxygens (including phenoxy) is 1. The highest BCUT2D eigenvalue weighted by molar-refractivity contribution is 7.81. The van der Waals surface area contributed by atoms with Gasteiger partial charge in [0, 0.05) is 60.9 Å².